The van der Waals surface area contributed by atoms with Crippen LogP contribution in [-0.2, 0) is 14.6 Å². The third-order valence-electron chi connectivity index (χ3n) is 5.07. The Morgan fingerprint density at radius 1 is 1.21 bits per heavy atom. The highest BCUT2D eigenvalue weighted by molar-refractivity contribution is 7.91. The minimum atomic E-state index is -5.04. The molecule has 1 heterocycles. The van der Waals surface area contributed by atoms with Crippen LogP contribution in [-0.4, -0.2) is 47.8 Å². The Labute approximate surface area is 191 Å². The maximum Gasteiger partial charge on any atom is 0.407 e. The molecule has 1 unspecified atom stereocenters. The fourth-order valence-corrected chi connectivity index (χ4v) is 4.45. The van der Waals surface area contributed by atoms with E-state index in [4.69, 9.17) is 0 Å². The van der Waals surface area contributed by atoms with Crippen molar-refractivity contribution in [3.05, 3.63) is 59.9 Å². The first-order valence-corrected chi connectivity index (χ1v) is 11.5. The molecule has 8 nitrogen and oxygen atoms in total. The first kappa shape index (κ1) is 25.4. The van der Waals surface area contributed by atoms with Crippen LogP contribution < -0.4 is 10.6 Å². The Kier molecular flexibility index (Phi) is 7.18. The molecule has 2 aromatic rings. The lowest BCUT2D eigenvalue weighted by atomic mass is 10.0. The van der Waals surface area contributed by atoms with Crippen molar-refractivity contribution < 1.29 is 35.2 Å². The Morgan fingerprint density at radius 2 is 1.85 bits per heavy atom. The second kappa shape index (κ2) is 9.59. The van der Waals surface area contributed by atoms with Crippen LogP contribution in [0.15, 0.2) is 42.9 Å². The van der Waals surface area contributed by atoms with Gasteiger partial charge in [0, 0.05) is 12.4 Å². The third kappa shape index (κ3) is 6.03. The molecule has 0 aliphatic heterocycles. The number of halogens is 5. The second-order valence-corrected chi connectivity index (χ2v) is 9.78. The summed E-state index contributed by atoms with van der Waals surface area (Å²) in [5.41, 5.74) is -5.21. The molecule has 0 bridgehead atoms. The summed E-state index contributed by atoms with van der Waals surface area (Å²) in [6.07, 6.45) is -1.57. The molecule has 182 valence electrons. The molecule has 3 rings (SSSR count). The number of nitrogens with one attached hydrogen (secondary N) is 2. The first-order valence-electron chi connectivity index (χ1n) is 9.80. The van der Waals surface area contributed by atoms with Crippen LogP contribution in [0.2, 0.25) is 0 Å². The summed E-state index contributed by atoms with van der Waals surface area (Å²) < 4.78 is 94.7. The summed E-state index contributed by atoms with van der Waals surface area (Å²) in [4.78, 5) is 19.9. The lowest BCUT2D eigenvalue weighted by Gasteiger charge is -2.28. The molecule has 1 aliphatic carbocycles. The molecule has 1 amide bonds. The molecule has 1 saturated carbocycles. The standard InChI is InChI=1S/C20H18F5N5O3S/c21-13-3-1-12(2-4-13)16(20(23,24)25)29-15(18(31)30-19(11-26)5-6-19)10-34(32,33)17(22)14-9-27-7-8-28-14/h1-4,7-9,15-17,29H,5-6,10H2,(H,30,31)/t15-,16-,17?/m0/s1. The molecule has 34 heavy (non-hydrogen) atoms. The number of nitrogens with zero attached hydrogens (tertiary/aromatic N) is 3. The number of rotatable bonds is 9. The van der Waals surface area contributed by atoms with Gasteiger partial charge < -0.3 is 5.32 Å². The van der Waals surface area contributed by atoms with Crippen molar-refractivity contribution in [1.82, 2.24) is 20.6 Å². The second-order valence-electron chi connectivity index (χ2n) is 7.70. The Morgan fingerprint density at radius 3 is 2.35 bits per heavy atom. The smallest absolute Gasteiger partial charge is 0.336 e. The molecule has 1 aromatic carbocycles. The maximum absolute atomic E-state index is 14.7. The van der Waals surface area contributed by atoms with Crippen molar-refractivity contribution in [1.29, 1.82) is 5.26 Å². The van der Waals surface area contributed by atoms with Crippen molar-refractivity contribution in [3.63, 3.8) is 0 Å². The van der Waals surface area contributed by atoms with E-state index >= 15 is 0 Å². The monoisotopic (exact) mass is 503 g/mol. The molecule has 0 spiro atoms. The topological polar surface area (TPSA) is 125 Å². The average molecular weight is 503 g/mol. The van der Waals surface area contributed by atoms with E-state index in [0.717, 1.165) is 42.9 Å². The average Bonchev–Trinajstić information content (AvgIpc) is 3.56. The summed E-state index contributed by atoms with van der Waals surface area (Å²) in [6.45, 7) is 0. The molecule has 0 saturated heterocycles. The van der Waals surface area contributed by atoms with Crippen LogP contribution >= 0.6 is 0 Å². The van der Waals surface area contributed by atoms with E-state index in [0.29, 0.717) is 0 Å². The number of aromatic nitrogens is 2. The number of benzene rings is 1. The fourth-order valence-electron chi connectivity index (χ4n) is 3.08. The molecule has 1 fully saturated rings. The highest BCUT2D eigenvalue weighted by Gasteiger charge is 2.48. The van der Waals surface area contributed by atoms with E-state index < -0.39 is 67.9 Å². The van der Waals surface area contributed by atoms with E-state index in [1.165, 1.54) is 0 Å². The van der Waals surface area contributed by atoms with Crippen LogP contribution in [0.4, 0.5) is 22.0 Å². The highest BCUT2D eigenvalue weighted by Crippen LogP contribution is 2.36. The van der Waals surface area contributed by atoms with Gasteiger partial charge in [-0.15, -0.1) is 0 Å². The summed E-state index contributed by atoms with van der Waals surface area (Å²) in [5, 5.41) is 13.3. The van der Waals surface area contributed by atoms with Crippen LogP contribution in [0.25, 0.3) is 0 Å². The molecule has 3 atom stereocenters. The Bertz CT molecular complexity index is 1170. The van der Waals surface area contributed by atoms with Gasteiger partial charge in [-0.05, 0) is 30.5 Å². The molecule has 14 heteroatoms. The lowest BCUT2D eigenvalue weighted by Crippen LogP contribution is -2.54. The van der Waals surface area contributed by atoms with Crippen LogP contribution in [0.3, 0.4) is 0 Å². The summed E-state index contributed by atoms with van der Waals surface area (Å²) in [5.74, 6) is -3.42. The molecular weight excluding hydrogens is 485 g/mol. The number of nitriles is 1. The molecule has 1 aliphatic rings. The minimum Gasteiger partial charge on any atom is -0.336 e. The Hall–Kier alpha value is -3.18. The van der Waals surface area contributed by atoms with E-state index in [9.17, 15) is 40.4 Å². The quantitative estimate of drug-likeness (QED) is 0.504. The third-order valence-corrected chi connectivity index (χ3v) is 6.74. The van der Waals surface area contributed by atoms with Gasteiger partial charge in [-0.3, -0.25) is 20.1 Å². The van der Waals surface area contributed by atoms with E-state index in [1.807, 2.05) is 5.32 Å². The molecule has 0 radical (unpaired) electrons. The zero-order chi connectivity index (χ0) is 25.1. The van der Waals surface area contributed by atoms with Crippen molar-refractivity contribution in [3.8, 4) is 6.07 Å². The van der Waals surface area contributed by atoms with E-state index in [1.54, 1.807) is 6.07 Å². The van der Waals surface area contributed by atoms with E-state index in [2.05, 4.69) is 15.3 Å². The lowest BCUT2D eigenvalue weighted by molar-refractivity contribution is -0.160. The molecule has 1 aromatic heterocycles. The van der Waals surface area contributed by atoms with Crippen molar-refractivity contribution >= 4 is 15.7 Å². The van der Waals surface area contributed by atoms with Gasteiger partial charge in [0.25, 0.3) is 0 Å². The van der Waals surface area contributed by atoms with Crippen molar-refractivity contribution in [2.45, 2.75) is 42.1 Å². The van der Waals surface area contributed by atoms with Gasteiger partial charge in [0.2, 0.25) is 11.4 Å². The fraction of sp³-hybridized carbons (Fsp3) is 0.400. The van der Waals surface area contributed by atoms with Crippen molar-refractivity contribution in [2.75, 3.05) is 5.75 Å². The highest BCUT2D eigenvalue weighted by atomic mass is 32.2. The first-order chi connectivity index (χ1) is 15.9. The number of carbonyl (C=O) groups is 1. The van der Waals surface area contributed by atoms with Gasteiger partial charge >= 0.3 is 6.18 Å². The zero-order valence-corrected chi connectivity index (χ0v) is 18.1. The summed E-state index contributed by atoms with van der Waals surface area (Å²) >= 11 is 0. The van der Waals surface area contributed by atoms with Crippen molar-refractivity contribution in [2.24, 2.45) is 0 Å². The van der Waals surface area contributed by atoms with Gasteiger partial charge in [-0.25, -0.2) is 17.2 Å². The number of alkyl halides is 4. The SMILES string of the molecule is N#CC1(NC(=O)[C@H](CS(=O)(=O)C(F)c2cnccn2)N[C@@H](c2ccc(F)cc2)C(F)(F)F)CC1. The number of hydrogen-bond donors (Lipinski definition) is 2. The summed E-state index contributed by atoms with van der Waals surface area (Å²) in [6, 6.07) is 0.274. The minimum absolute atomic E-state index is 0.223. The molecular formula is C20H18F5N5O3S. The number of sulfone groups is 1. The van der Waals surface area contributed by atoms with Crippen LogP contribution in [0.1, 0.15) is 35.6 Å². The summed E-state index contributed by atoms with van der Waals surface area (Å²) in [7, 11) is -4.88. The maximum atomic E-state index is 14.7. The Balaban J connectivity index is 1.93. The van der Waals surface area contributed by atoms with Gasteiger partial charge in [0.1, 0.15) is 29.1 Å². The zero-order valence-electron chi connectivity index (χ0n) is 17.3. The van der Waals surface area contributed by atoms with Crippen LogP contribution in [0.5, 0.6) is 0 Å². The van der Waals surface area contributed by atoms with Gasteiger partial charge in [-0.1, -0.05) is 12.1 Å². The predicted molar refractivity (Wildman–Crippen MR) is 108 cm³/mol. The van der Waals surface area contributed by atoms with Gasteiger partial charge in [0.15, 0.2) is 9.84 Å². The number of amides is 1. The number of hydrogen-bond acceptors (Lipinski definition) is 7. The van der Waals surface area contributed by atoms with Gasteiger partial charge in [-0.2, -0.15) is 18.4 Å². The molecule has 2 N–H and O–H groups in total. The van der Waals surface area contributed by atoms with E-state index in [-0.39, 0.29) is 12.8 Å². The number of carbonyl (C=O) groups excluding carboxylic acids is 1. The normalized spacial score (nSPS) is 17.8. The van der Waals surface area contributed by atoms with Crippen LogP contribution in [0, 0.1) is 17.1 Å². The van der Waals surface area contributed by atoms with Gasteiger partial charge in [0.05, 0.1) is 18.0 Å². The predicted octanol–water partition coefficient (Wildman–Crippen LogP) is 2.43. The largest absolute Gasteiger partial charge is 0.407 e.